The van der Waals surface area contributed by atoms with Gasteiger partial charge in [0.05, 0.1) is 6.42 Å². The fraction of sp³-hybridized carbons (Fsp3) is 0.174. The first-order valence-corrected chi connectivity index (χ1v) is 10.2. The van der Waals surface area contributed by atoms with Crippen LogP contribution in [0.4, 0.5) is 29.1 Å². The summed E-state index contributed by atoms with van der Waals surface area (Å²) in [6, 6.07) is 17.3. The normalized spacial score (nSPS) is 10.6. The minimum Gasteiger partial charge on any atom is -0.326 e. The Kier molecular flexibility index (Phi) is 6.07. The van der Waals surface area contributed by atoms with Gasteiger partial charge in [-0.2, -0.15) is 20.1 Å². The van der Waals surface area contributed by atoms with E-state index in [-0.39, 0.29) is 12.3 Å². The van der Waals surface area contributed by atoms with Crippen molar-refractivity contribution in [3.63, 3.8) is 0 Å². The van der Waals surface area contributed by atoms with Gasteiger partial charge in [0.25, 0.3) is 0 Å². The Bertz CT molecular complexity index is 1230. The smallest absolute Gasteiger partial charge is 0.233 e. The van der Waals surface area contributed by atoms with E-state index in [0.29, 0.717) is 29.2 Å². The molecule has 0 fully saturated rings. The van der Waals surface area contributed by atoms with E-state index in [0.717, 1.165) is 22.5 Å². The van der Waals surface area contributed by atoms with Gasteiger partial charge in [-0.1, -0.05) is 35.9 Å². The summed E-state index contributed by atoms with van der Waals surface area (Å²) >= 11 is 0. The third-order valence-electron chi connectivity index (χ3n) is 4.70. The van der Waals surface area contributed by atoms with Crippen LogP contribution in [0.1, 0.15) is 22.6 Å². The molecule has 2 aromatic carbocycles. The molecule has 0 spiro atoms. The van der Waals surface area contributed by atoms with Crippen LogP contribution in [0.15, 0.2) is 54.6 Å². The van der Waals surface area contributed by atoms with Crippen molar-refractivity contribution in [1.29, 1.82) is 0 Å². The molecule has 0 aliphatic heterocycles. The number of nitrogens with one attached hydrogen (secondary N) is 4. The summed E-state index contributed by atoms with van der Waals surface area (Å²) in [5, 5.41) is 16.2. The summed E-state index contributed by atoms with van der Waals surface area (Å²) < 4.78 is 0. The lowest BCUT2D eigenvalue weighted by Crippen LogP contribution is -2.14. The number of hydrogen-bond donors (Lipinski definition) is 4. The van der Waals surface area contributed by atoms with Crippen LogP contribution >= 0.6 is 0 Å². The number of benzene rings is 2. The molecule has 9 heteroatoms. The highest BCUT2D eigenvalue weighted by molar-refractivity contribution is 5.92. The summed E-state index contributed by atoms with van der Waals surface area (Å²) in [5.74, 6) is 1.73. The van der Waals surface area contributed by atoms with Gasteiger partial charge in [-0.15, -0.1) is 0 Å². The van der Waals surface area contributed by atoms with Crippen molar-refractivity contribution in [1.82, 2.24) is 25.1 Å². The molecule has 0 radical (unpaired) electrons. The Morgan fingerprint density at radius 3 is 2.38 bits per heavy atom. The minimum absolute atomic E-state index is 0.134. The van der Waals surface area contributed by atoms with Crippen LogP contribution in [-0.2, 0) is 11.2 Å². The Hall–Kier alpha value is -4.27. The summed E-state index contributed by atoms with van der Waals surface area (Å²) in [7, 11) is 0. The second-order valence-electron chi connectivity index (χ2n) is 7.46. The molecular weight excluding hydrogens is 404 g/mol. The van der Waals surface area contributed by atoms with Crippen molar-refractivity contribution in [2.75, 3.05) is 16.0 Å². The molecule has 0 unspecified atom stereocenters. The monoisotopic (exact) mass is 428 g/mol. The SMILES string of the molecule is Cc1ccc(NC(=O)Cc2cc(Nc3nc(C)nc(Nc4ccccc4C)n3)n[nH]2)cc1. The first-order valence-electron chi connectivity index (χ1n) is 10.2. The maximum absolute atomic E-state index is 12.3. The zero-order valence-corrected chi connectivity index (χ0v) is 18.1. The van der Waals surface area contributed by atoms with E-state index in [1.165, 1.54) is 0 Å². The second-order valence-corrected chi connectivity index (χ2v) is 7.46. The van der Waals surface area contributed by atoms with Gasteiger partial charge in [0.15, 0.2) is 5.82 Å². The first-order chi connectivity index (χ1) is 15.4. The van der Waals surface area contributed by atoms with Crippen LogP contribution in [0.25, 0.3) is 0 Å². The van der Waals surface area contributed by atoms with Gasteiger partial charge in [-0.3, -0.25) is 9.89 Å². The summed E-state index contributed by atoms with van der Waals surface area (Å²) in [6.07, 6.45) is 0.166. The van der Waals surface area contributed by atoms with Gasteiger partial charge < -0.3 is 16.0 Å². The van der Waals surface area contributed by atoms with Crippen LogP contribution in [0.3, 0.4) is 0 Å². The number of nitrogens with zero attached hydrogens (tertiary/aromatic N) is 4. The molecule has 162 valence electrons. The highest BCUT2D eigenvalue weighted by Gasteiger charge is 2.10. The minimum atomic E-state index is -0.134. The zero-order valence-electron chi connectivity index (χ0n) is 18.1. The van der Waals surface area contributed by atoms with Crippen molar-refractivity contribution in [3.05, 3.63) is 77.2 Å². The molecule has 4 aromatic rings. The van der Waals surface area contributed by atoms with Crippen LogP contribution in [0.5, 0.6) is 0 Å². The molecule has 0 atom stereocenters. The van der Waals surface area contributed by atoms with E-state index in [4.69, 9.17) is 0 Å². The maximum Gasteiger partial charge on any atom is 0.233 e. The molecule has 2 heterocycles. The molecular formula is C23H24N8O. The number of rotatable bonds is 7. The van der Waals surface area contributed by atoms with E-state index in [1.807, 2.05) is 62.4 Å². The number of carbonyl (C=O) groups excluding carboxylic acids is 1. The van der Waals surface area contributed by atoms with Crippen LogP contribution in [-0.4, -0.2) is 31.1 Å². The zero-order chi connectivity index (χ0) is 22.5. The van der Waals surface area contributed by atoms with E-state index in [9.17, 15) is 4.79 Å². The Morgan fingerprint density at radius 2 is 1.62 bits per heavy atom. The van der Waals surface area contributed by atoms with Gasteiger partial charge in [0, 0.05) is 23.1 Å². The lowest BCUT2D eigenvalue weighted by molar-refractivity contribution is -0.115. The van der Waals surface area contributed by atoms with Crippen molar-refractivity contribution >= 4 is 35.0 Å². The number of aryl methyl sites for hydroxylation is 3. The van der Waals surface area contributed by atoms with E-state index < -0.39 is 0 Å². The molecule has 0 saturated carbocycles. The standard InChI is InChI=1S/C23H24N8O/c1-14-8-10-17(11-9-14)26-21(32)13-18-12-20(31-30-18)28-23-25-16(3)24-22(29-23)27-19-7-5-4-6-15(19)2/h4-12H,13H2,1-3H3,(H,26,32)(H3,24,25,27,28,29,30,31). The molecule has 9 nitrogen and oxygen atoms in total. The number of anilines is 5. The van der Waals surface area contributed by atoms with Crippen LogP contribution in [0, 0.1) is 20.8 Å². The molecule has 4 rings (SSSR count). The summed E-state index contributed by atoms with van der Waals surface area (Å²) in [5.41, 5.74) is 4.57. The Morgan fingerprint density at radius 1 is 0.906 bits per heavy atom. The van der Waals surface area contributed by atoms with Gasteiger partial charge in [-0.25, -0.2) is 0 Å². The third kappa shape index (κ3) is 5.45. The fourth-order valence-electron chi connectivity index (χ4n) is 3.07. The topological polar surface area (TPSA) is 121 Å². The lowest BCUT2D eigenvalue weighted by Gasteiger charge is -2.09. The summed E-state index contributed by atoms with van der Waals surface area (Å²) in [4.78, 5) is 25.4. The fourth-order valence-corrected chi connectivity index (χ4v) is 3.07. The molecule has 0 aliphatic carbocycles. The van der Waals surface area contributed by atoms with E-state index in [1.54, 1.807) is 13.0 Å². The van der Waals surface area contributed by atoms with Crippen molar-refractivity contribution in [2.45, 2.75) is 27.2 Å². The predicted octanol–water partition coefficient (Wildman–Crippen LogP) is 4.19. The highest BCUT2D eigenvalue weighted by Crippen LogP contribution is 2.19. The van der Waals surface area contributed by atoms with Gasteiger partial charge >= 0.3 is 0 Å². The van der Waals surface area contributed by atoms with E-state index >= 15 is 0 Å². The van der Waals surface area contributed by atoms with Crippen molar-refractivity contribution in [2.24, 2.45) is 0 Å². The number of para-hydroxylation sites is 1. The van der Waals surface area contributed by atoms with Gasteiger partial charge in [0.2, 0.25) is 17.8 Å². The van der Waals surface area contributed by atoms with Gasteiger partial charge in [-0.05, 0) is 44.5 Å². The molecule has 0 aliphatic rings. The largest absolute Gasteiger partial charge is 0.326 e. The van der Waals surface area contributed by atoms with Crippen LogP contribution < -0.4 is 16.0 Å². The average Bonchev–Trinajstić information content (AvgIpc) is 3.17. The molecule has 1 amide bonds. The number of H-pyrrole nitrogens is 1. The number of hydrogen-bond acceptors (Lipinski definition) is 7. The number of amides is 1. The highest BCUT2D eigenvalue weighted by atomic mass is 16.1. The van der Waals surface area contributed by atoms with E-state index in [2.05, 4.69) is 41.1 Å². The molecule has 0 saturated heterocycles. The van der Waals surface area contributed by atoms with Crippen molar-refractivity contribution in [3.8, 4) is 0 Å². The number of carbonyl (C=O) groups is 1. The average molecular weight is 429 g/mol. The predicted molar refractivity (Wildman–Crippen MR) is 124 cm³/mol. The Labute approximate surface area is 185 Å². The quantitative estimate of drug-likeness (QED) is 0.348. The van der Waals surface area contributed by atoms with Crippen LogP contribution in [0.2, 0.25) is 0 Å². The third-order valence-corrected chi connectivity index (χ3v) is 4.70. The molecule has 32 heavy (non-hydrogen) atoms. The van der Waals surface area contributed by atoms with Gasteiger partial charge in [0.1, 0.15) is 5.82 Å². The molecule has 2 aromatic heterocycles. The maximum atomic E-state index is 12.3. The first kappa shape index (κ1) is 21.0. The molecule has 0 bridgehead atoms. The van der Waals surface area contributed by atoms with Crippen molar-refractivity contribution < 1.29 is 4.79 Å². The number of aromatic nitrogens is 5. The lowest BCUT2D eigenvalue weighted by atomic mass is 10.2. The summed E-state index contributed by atoms with van der Waals surface area (Å²) in [6.45, 7) is 5.80. The number of aromatic amines is 1. The molecule has 4 N–H and O–H groups in total. The Balaban J connectivity index is 1.40. The second kappa shape index (κ2) is 9.25.